The van der Waals surface area contributed by atoms with Gasteiger partial charge in [0.1, 0.15) is 17.3 Å². The fourth-order valence-corrected chi connectivity index (χ4v) is 5.72. The summed E-state index contributed by atoms with van der Waals surface area (Å²) in [7, 11) is 0. The zero-order chi connectivity index (χ0) is 27.7. The number of allylic oxidation sites excluding steroid dienone is 1. The molecule has 1 N–H and O–H groups in total. The highest BCUT2D eigenvalue weighted by Crippen LogP contribution is 2.37. The second kappa shape index (κ2) is 10.9. The molecule has 0 saturated carbocycles. The monoisotopic (exact) mass is 539 g/mol. The lowest BCUT2D eigenvalue weighted by molar-refractivity contribution is -0.274. The van der Waals surface area contributed by atoms with Crippen LogP contribution in [0.2, 0.25) is 0 Å². The van der Waals surface area contributed by atoms with E-state index in [9.17, 15) is 23.1 Å². The number of hydrogen-bond donors (Lipinski definition) is 1. The van der Waals surface area contributed by atoms with Crippen LogP contribution >= 0.6 is 0 Å². The predicted molar refractivity (Wildman–Crippen MR) is 144 cm³/mol. The Hall–Kier alpha value is -3.59. The summed E-state index contributed by atoms with van der Waals surface area (Å²) in [5.74, 6) is 0.143. The maximum absolute atomic E-state index is 14.1. The molecule has 6 nitrogen and oxygen atoms in total. The van der Waals surface area contributed by atoms with Crippen LogP contribution in [0.25, 0.3) is 23.0 Å². The smallest absolute Gasteiger partial charge is 0.508 e. The Morgan fingerprint density at radius 3 is 2.59 bits per heavy atom. The predicted octanol–water partition coefficient (Wildman–Crippen LogP) is 5.98. The van der Waals surface area contributed by atoms with Crippen molar-refractivity contribution < 1.29 is 23.0 Å². The minimum absolute atomic E-state index is 0.00997. The molecule has 0 radical (unpaired) electrons. The molecule has 2 heterocycles. The third kappa shape index (κ3) is 5.88. The Kier molecular flexibility index (Phi) is 7.53. The van der Waals surface area contributed by atoms with Crippen molar-refractivity contribution in [3.8, 4) is 22.9 Å². The first kappa shape index (κ1) is 27.0. The van der Waals surface area contributed by atoms with Crippen molar-refractivity contribution >= 4 is 11.6 Å². The average molecular weight is 540 g/mol. The second-order valence-corrected chi connectivity index (χ2v) is 10.4. The molecule has 1 aliphatic carbocycles. The van der Waals surface area contributed by atoms with Crippen LogP contribution in [0.15, 0.2) is 53.3 Å². The van der Waals surface area contributed by atoms with Gasteiger partial charge in [0, 0.05) is 13.1 Å². The maximum Gasteiger partial charge on any atom is 0.573 e. The van der Waals surface area contributed by atoms with Crippen molar-refractivity contribution in [3.63, 3.8) is 0 Å². The lowest BCUT2D eigenvalue weighted by Gasteiger charge is -2.33. The molecule has 2 atom stereocenters. The largest absolute Gasteiger partial charge is 0.573 e. The number of para-hydroxylation sites is 1. The van der Waals surface area contributed by atoms with E-state index >= 15 is 0 Å². The molecule has 3 aromatic rings. The van der Waals surface area contributed by atoms with Crippen LogP contribution in [0.1, 0.15) is 43.5 Å². The molecule has 9 heteroatoms. The number of aromatic nitrogens is 2. The van der Waals surface area contributed by atoms with E-state index in [-0.39, 0.29) is 40.3 Å². The topological polar surface area (TPSA) is 67.6 Å². The van der Waals surface area contributed by atoms with Gasteiger partial charge in [-0.25, -0.2) is 4.98 Å². The highest BCUT2D eigenvalue weighted by Gasteiger charge is 2.34. The normalized spacial score (nSPS) is 19.9. The SMILES string of the molecule is CCN1CCCC(Cn2c(-c3ccccc3OC(F)(F)F)nc3c(c2=O)C=C(c2ccc(O)cc2)C(C)C3)C1. The number of likely N-dealkylation sites (tertiary alicyclic amines) is 1. The van der Waals surface area contributed by atoms with E-state index in [4.69, 9.17) is 4.98 Å². The van der Waals surface area contributed by atoms with E-state index in [1.165, 1.54) is 18.2 Å². The highest BCUT2D eigenvalue weighted by molar-refractivity contribution is 5.85. The van der Waals surface area contributed by atoms with Gasteiger partial charge in [0.25, 0.3) is 5.56 Å². The molecule has 2 aromatic carbocycles. The van der Waals surface area contributed by atoms with Gasteiger partial charge >= 0.3 is 6.36 Å². The van der Waals surface area contributed by atoms with Crippen LogP contribution in [0, 0.1) is 11.8 Å². The van der Waals surface area contributed by atoms with Crippen molar-refractivity contribution in [2.75, 3.05) is 19.6 Å². The van der Waals surface area contributed by atoms with E-state index < -0.39 is 6.36 Å². The Bertz CT molecular complexity index is 1430. The first-order valence-electron chi connectivity index (χ1n) is 13.3. The summed E-state index contributed by atoms with van der Waals surface area (Å²) in [6.45, 7) is 7.18. The number of phenols is 1. The fourth-order valence-electron chi connectivity index (χ4n) is 5.72. The molecule has 1 saturated heterocycles. The quantitative estimate of drug-likeness (QED) is 0.418. The number of rotatable bonds is 6. The number of halogens is 3. The van der Waals surface area contributed by atoms with Gasteiger partial charge in [-0.3, -0.25) is 9.36 Å². The number of piperidine rings is 1. The van der Waals surface area contributed by atoms with E-state index in [2.05, 4.69) is 16.6 Å². The number of alkyl halides is 3. The molecule has 1 fully saturated rings. The molecule has 1 aromatic heterocycles. The zero-order valence-electron chi connectivity index (χ0n) is 22.0. The Morgan fingerprint density at radius 1 is 1.13 bits per heavy atom. The highest BCUT2D eigenvalue weighted by atomic mass is 19.4. The third-order valence-corrected chi connectivity index (χ3v) is 7.66. The Balaban J connectivity index is 1.66. The summed E-state index contributed by atoms with van der Waals surface area (Å²) in [5, 5.41) is 9.72. The molecule has 39 heavy (non-hydrogen) atoms. The molecule has 2 unspecified atom stereocenters. The second-order valence-electron chi connectivity index (χ2n) is 10.4. The molecular weight excluding hydrogens is 507 g/mol. The number of fused-ring (bicyclic) bond motifs is 1. The molecule has 1 aliphatic heterocycles. The van der Waals surface area contributed by atoms with Crippen molar-refractivity contribution in [3.05, 3.63) is 75.7 Å². The molecule has 2 aliphatic rings. The number of ether oxygens (including phenoxy) is 1. The molecule has 0 spiro atoms. The minimum Gasteiger partial charge on any atom is -0.508 e. The van der Waals surface area contributed by atoms with Crippen LogP contribution in [0.5, 0.6) is 11.5 Å². The molecule has 0 bridgehead atoms. The van der Waals surface area contributed by atoms with Crippen molar-refractivity contribution in [1.29, 1.82) is 0 Å². The molecule has 0 amide bonds. The van der Waals surface area contributed by atoms with Crippen molar-refractivity contribution in [2.24, 2.45) is 11.8 Å². The number of nitrogens with zero attached hydrogens (tertiary/aromatic N) is 3. The summed E-state index contributed by atoms with van der Waals surface area (Å²) >= 11 is 0. The first-order chi connectivity index (χ1) is 18.6. The Morgan fingerprint density at radius 2 is 1.87 bits per heavy atom. The van der Waals surface area contributed by atoms with Crippen molar-refractivity contribution in [1.82, 2.24) is 14.5 Å². The van der Waals surface area contributed by atoms with Crippen LogP contribution in [0.4, 0.5) is 13.2 Å². The van der Waals surface area contributed by atoms with Gasteiger partial charge in [-0.15, -0.1) is 13.2 Å². The maximum atomic E-state index is 14.1. The van der Waals surface area contributed by atoms with Gasteiger partial charge in [-0.05, 0) is 85.7 Å². The lowest BCUT2D eigenvalue weighted by Crippen LogP contribution is -2.39. The Labute approximate surface area is 225 Å². The lowest BCUT2D eigenvalue weighted by atomic mass is 9.83. The van der Waals surface area contributed by atoms with E-state index in [0.717, 1.165) is 43.6 Å². The number of hydrogen-bond acceptors (Lipinski definition) is 5. The summed E-state index contributed by atoms with van der Waals surface area (Å²) in [6, 6.07) is 12.7. The van der Waals surface area contributed by atoms with Crippen LogP contribution in [-0.2, 0) is 13.0 Å². The van der Waals surface area contributed by atoms with Crippen molar-refractivity contribution in [2.45, 2.75) is 46.0 Å². The molecule has 206 valence electrons. The zero-order valence-corrected chi connectivity index (χ0v) is 22.0. The van der Waals surface area contributed by atoms with Crippen LogP contribution in [0.3, 0.4) is 0 Å². The summed E-state index contributed by atoms with van der Waals surface area (Å²) in [6.07, 6.45) is -0.650. The summed E-state index contributed by atoms with van der Waals surface area (Å²) in [5.41, 5.74) is 2.73. The number of benzene rings is 2. The average Bonchev–Trinajstić information content (AvgIpc) is 2.90. The molecule has 5 rings (SSSR count). The molecular formula is C30H32F3N3O3. The van der Waals surface area contributed by atoms with Gasteiger partial charge in [-0.2, -0.15) is 0 Å². The first-order valence-corrected chi connectivity index (χ1v) is 13.3. The van der Waals surface area contributed by atoms with Crippen LogP contribution in [-0.4, -0.2) is 45.6 Å². The fraction of sp³-hybridized carbons (Fsp3) is 0.400. The standard InChI is InChI=1S/C30H32F3N3O3/c1-3-35-14-6-7-20(17-35)18-36-28(23-8-4-5-9-27(23)39-30(31,32)33)34-26-15-19(2)24(16-25(26)29(36)38)21-10-12-22(37)13-11-21/h4-5,8-13,16,19-20,37H,3,6-7,14-15,17-18H2,1-2H3. The number of phenolic OH excluding ortho intramolecular Hbond substituents is 1. The van der Waals surface area contributed by atoms with E-state index in [1.54, 1.807) is 22.8 Å². The van der Waals surface area contributed by atoms with Gasteiger partial charge in [0.2, 0.25) is 0 Å². The van der Waals surface area contributed by atoms with Gasteiger partial charge < -0.3 is 14.7 Å². The number of aromatic hydroxyl groups is 1. The van der Waals surface area contributed by atoms with Gasteiger partial charge in [-0.1, -0.05) is 38.1 Å². The van der Waals surface area contributed by atoms with Gasteiger partial charge in [0.15, 0.2) is 0 Å². The van der Waals surface area contributed by atoms with Gasteiger partial charge in [0.05, 0.1) is 16.8 Å². The summed E-state index contributed by atoms with van der Waals surface area (Å²) < 4.78 is 45.8. The summed E-state index contributed by atoms with van der Waals surface area (Å²) in [4.78, 5) is 21.3. The van der Waals surface area contributed by atoms with E-state index in [0.29, 0.717) is 24.2 Å². The van der Waals surface area contributed by atoms with Crippen LogP contribution < -0.4 is 10.3 Å². The third-order valence-electron chi connectivity index (χ3n) is 7.66. The minimum atomic E-state index is -4.88. The van der Waals surface area contributed by atoms with E-state index in [1.807, 2.05) is 25.1 Å².